The Labute approximate surface area is 132 Å². The monoisotopic (exact) mass is 313 g/mol. The highest BCUT2D eigenvalue weighted by molar-refractivity contribution is 6.30. The molecule has 3 rings (SSSR count). The van der Waals surface area contributed by atoms with Crippen molar-refractivity contribution in [1.29, 1.82) is 0 Å². The van der Waals surface area contributed by atoms with E-state index in [-0.39, 0.29) is 11.6 Å². The van der Waals surface area contributed by atoms with Crippen molar-refractivity contribution in [2.45, 2.75) is 0 Å². The van der Waals surface area contributed by atoms with Crippen LogP contribution in [0.2, 0.25) is 5.02 Å². The average Bonchev–Trinajstić information content (AvgIpc) is 2.50. The zero-order valence-electron chi connectivity index (χ0n) is 11.4. The van der Waals surface area contributed by atoms with Crippen molar-refractivity contribution in [3.63, 3.8) is 0 Å². The van der Waals surface area contributed by atoms with E-state index < -0.39 is 5.91 Å². The van der Waals surface area contributed by atoms with Crippen molar-refractivity contribution in [1.82, 2.24) is 0 Å². The number of hydrogen-bond donors (Lipinski definition) is 3. The smallest absolute Gasteiger partial charge is 0.272 e. The molecule has 0 unspecified atom stereocenters. The maximum Gasteiger partial charge on any atom is 0.272 e. The molecule has 5 nitrogen and oxygen atoms in total. The average molecular weight is 314 g/mol. The Bertz CT molecular complexity index is 769. The molecule has 1 heterocycles. The fourth-order valence-corrected chi connectivity index (χ4v) is 2.16. The van der Waals surface area contributed by atoms with E-state index in [0.29, 0.717) is 16.4 Å². The second-order valence-corrected chi connectivity index (χ2v) is 5.12. The molecule has 0 aliphatic carbocycles. The topological polar surface area (TPSA) is 70.2 Å². The van der Waals surface area contributed by atoms with Crippen LogP contribution in [0.1, 0.15) is 0 Å². The Morgan fingerprint density at radius 3 is 2.32 bits per heavy atom. The summed E-state index contributed by atoms with van der Waals surface area (Å²) in [5.74, 6) is -0.760. The van der Waals surface area contributed by atoms with Crippen LogP contribution in [0.5, 0.6) is 0 Å². The molecule has 0 saturated heterocycles. The number of rotatable bonds is 2. The number of benzene rings is 2. The summed E-state index contributed by atoms with van der Waals surface area (Å²) < 4.78 is 0. The van der Waals surface area contributed by atoms with E-state index in [0.717, 1.165) is 5.69 Å². The lowest BCUT2D eigenvalue weighted by molar-refractivity contribution is -0.114. The molecule has 0 atom stereocenters. The zero-order valence-corrected chi connectivity index (χ0v) is 12.1. The van der Waals surface area contributed by atoms with Gasteiger partial charge in [-0.05, 0) is 36.4 Å². The number of anilines is 3. The van der Waals surface area contributed by atoms with Crippen molar-refractivity contribution in [2.75, 3.05) is 16.0 Å². The number of amides is 2. The van der Waals surface area contributed by atoms with E-state index in [1.165, 1.54) is 6.08 Å². The van der Waals surface area contributed by atoms with Crippen LogP contribution >= 0.6 is 11.6 Å². The molecule has 1 aliphatic rings. The minimum Gasteiger partial charge on any atom is -0.349 e. The quantitative estimate of drug-likeness (QED) is 0.746. The summed E-state index contributed by atoms with van der Waals surface area (Å²) in [6.45, 7) is 0. The van der Waals surface area contributed by atoms with E-state index in [9.17, 15) is 9.59 Å². The Balaban J connectivity index is 1.76. The molecule has 1 aliphatic heterocycles. The number of fused-ring (bicyclic) bond motifs is 1. The number of carbonyl (C=O) groups is 2. The summed E-state index contributed by atoms with van der Waals surface area (Å²) in [4.78, 5) is 23.9. The van der Waals surface area contributed by atoms with E-state index in [1.807, 2.05) is 18.2 Å². The van der Waals surface area contributed by atoms with Gasteiger partial charge in [-0.25, -0.2) is 0 Å². The third-order valence-electron chi connectivity index (χ3n) is 3.08. The summed E-state index contributed by atoms with van der Waals surface area (Å²) in [7, 11) is 0. The van der Waals surface area contributed by atoms with Gasteiger partial charge in [-0.1, -0.05) is 23.7 Å². The number of para-hydroxylation sites is 2. The van der Waals surface area contributed by atoms with Crippen LogP contribution in [0.3, 0.4) is 0 Å². The third kappa shape index (κ3) is 3.10. The maximum atomic E-state index is 12.0. The summed E-state index contributed by atoms with van der Waals surface area (Å²) in [6, 6.07) is 14.0. The van der Waals surface area contributed by atoms with Gasteiger partial charge in [-0.3, -0.25) is 9.59 Å². The van der Waals surface area contributed by atoms with Gasteiger partial charge in [0.25, 0.3) is 11.8 Å². The Morgan fingerprint density at radius 1 is 1.00 bits per heavy atom. The first-order chi connectivity index (χ1) is 10.6. The Kier molecular flexibility index (Phi) is 3.80. The highest BCUT2D eigenvalue weighted by Gasteiger charge is 2.19. The van der Waals surface area contributed by atoms with Crippen molar-refractivity contribution < 1.29 is 9.59 Å². The summed E-state index contributed by atoms with van der Waals surface area (Å²) in [5.41, 5.74) is 2.21. The Morgan fingerprint density at radius 2 is 1.64 bits per heavy atom. The molecule has 0 radical (unpaired) electrons. The Hall–Kier alpha value is -2.79. The van der Waals surface area contributed by atoms with Crippen molar-refractivity contribution in [2.24, 2.45) is 0 Å². The van der Waals surface area contributed by atoms with Gasteiger partial charge in [0, 0.05) is 16.8 Å². The highest BCUT2D eigenvalue weighted by Crippen LogP contribution is 2.27. The minimum atomic E-state index is -0.403. The van der Waals surface area contributed by atoms with Crippen LogP contribution < -0.4 is 16.0 Å². The van der Waals surface area contributed by atoms with Crippen LogP contribution in [0.25, 0.3) is 0 Å². The number of carbonyl (C=O) groups excluding carboxylic acids is 2. The SMILES string of the molecule is O=C(/C=C1\Nc2ccccc2NC1=O)Nc1ccc(Cl)cc1. The third-order valence-corrected chi connectivity index (χ3v) is 3.33. The van der Waals surface area contributed by atoms with E-state index in [4.69, 9.17) is 11.6 Å². The molecule has 110 valence electrons. The van der Waals surface area contributed by atoms with Crippen LogP contribution in [0.15, 0.2) is 60.3 Å². The summed E-state index contributed by atoms with van der Waals surface area (Å²) in [6.07, 6.45) is 1.22. The second-order valence-electron chi connectivity index (χ2n) is 4.68. The lowest BCUT2D eigenvalue weighted by Crippen LogP contribution is -2.27. The molecule has 0 spiro atoms. The molecule has 2 aromatic carbocycles. The van der Waals surface area contributed by atoms with E-state index >= 15 is 0 Å². The zero-order chi connectivity index (χ0) is 15.5. The van der Waals surface area contributed by atoms with Crippen molar-refractivity contribution >= 4 is 40.5 Å². The number of halogens is 1. The summed E-state index contributed by atoms with van der Waals surface area (Å²) >= 11 is 5.78. The predicted octanol–water partition coefficient (Wildman–Crippen LogP) is 3.23. The van der Waals surface area contributed by atoms with E-state index in [1.54, 1.807) is 30.3 Å². The molecule has 0 aromatic heterocycles. The second kappa shape index (κ2) is 5.91. The first kappa shape index (κ1) is 14.2. The first-order valence-electron chi connectivity index (χ1n) is 6.57. The van der Waals surface area contributed by atoms with Gasteiger partial charge in [0.2, 0.25) is 0 Å². The maximum absolute atomic E-state index is 12.0. The normalized spacial score (nSPS) is 14.8. The van der Waals surface area contributed by atoms with Gasteiger partial charge >= 0.3 is 0 Å². The lowest BCUT2D eigenvalue weighted by Gasteiger charge is -2.20. The highest BCUT2D eigenvalue weighted by atomic mass is 35.5. The molecular formula is C16H12ClN3O2. The van der Waals surface area contributed by atoms with Crippen LogP contribution in [0, 0.1) is 0 Å². The first-order valence-corrected chi connectivity index (χ1v) is 6.95. The summed E-state index contributed by atoms with van der Waals surface area (Å²) in [5, 5.41) is 8.91. The largest absolute Gasteiger partial charge is 0.349 e. The van der Waals surface area contributed by atoms with Crippen molar-refractivity contribution in [3.8, 4) is 0 Å². The lowest BCUT2D eigenvalue weighted by atomic mass is 10.2. The molecular weight excluding hydrogens is 302 g/mol. The molecule has 3 N–H and O–H groups in total. The minimum absolute atomic E-state index is 0.185. The van der Waals surface area contributed by atoms with Gasteiger partial charge in [-0.15, -0.1) is 0 Å². The van der Waals surface area contributed by atoms with Gasteiger partial charge in [0.15, 0.2) is 0 Å². The van der Waals surface area contributed by atoms with Crippen molar-refractivity contribution in [3.05, 3.63) is 65.3 Å². The molecule has 2 amide bonds. The molecule has 0 fully saturated rings. The van der Waals surface area contributed by atoms with Crippen LogP contribution in [-0.2, 0) is 9.59 Å². The van der Waals surface area contributed by atoms with Gasteiger partial charge in [0.05, 0.1) is 11.4 Å². The van der Waals surface area contributed by atoms with E-state index in [2.05, 4.69) is 16.0 Å². The number of nitrogens with one attached hydrogen (secondary N) is 3. The van der Waals surface area contributed by atoms with Gasteiger partial charge in [-0.2, -0.15) is 0 Å². The fourth-order valence-electron chi connectivity index (χ4n) is 2.04. The predicted molar refractivity (Wildman–Crippen MR) is 86.9 cm³/mol. The molecule has 0 saturated carbocycles. The number of hydrogen-bond acceptors (Lipinski definition) is 3. The molecule has 0 bridgehead atoms. The molecule has 22 heavy (non-hydrogen) atoms. The fraction of sp³-hybridized carbons (Fsp3) is 0. The molecule has 6 heteroatoms. The van der Waals surface area contributed by atoms with Gasteiger partial charge < -0.3 is 16.0 Å². The van der Waals surface area contributed by atoms with Crippen LogP contribution in [-0.4, -0.2) is 11.8 Å². The standard InChI is InChI=1S/C16H12ClN3O2/c17-10-5-7-11(8-6-10)18-15(21)9-14-16(22)20-13-4-2-1-3-12(13)19-14/h1-9,19H,(H,18,21)(H,20,22)/b14-9-. The van der Waals surface area contributed by atoms with Crippen LogP contribution in [0.4, 0.5) is 17.1 Å². The molecule has 2 aromatic rings. The van der Waals surface area contributed by atoms with Gasteiger partial charge in [0.1, 0.15) is 5.70 Å².